The number of pyridine rings is 1. The third-order valence-electron chi connectivity index (χ3n) is 3.77. The van der Waals surface area contributed by atoms with Crippen molar-refractivity contribution in [3.05, 3.63) is 76.4 Å². The molecule has 140 valence electrons. The van der Waals surface area contributed by atoms with Crippen LogP contribution in [0.25, 0.3) is 0 Å². The van der Waals surface area contributed by atoms with Crippen LogP contribution in [-0.4, -0.2) is 24.5 Å². The zero-order valence-corrected chi connectivity index (χ0v) is 15.8. The molecule has 2 heterocycles. The molecular formula is C20H21FN4OS. The fourth-order valence-electron chi connectivity index (χ4n) is 2.45. The monoisotopic (exact) mass is 384 g/mol. The number of hydrogen-bond donors (Lipinski definition) is 2. The number of thiophene rings is 1. The predicted molar refractivity (Wildman–Crippen MR) is 107 cm³/mol. The maximum atomic E-state index is 13.4. The van der Waals surface area contributed by atoms with Crippen LogP contribution in [0.1, 0.15) is 10.4 Å². The molecule has 2 N–H and O–H groups in total. The molecule has 0 bridgehead atoms. The van der Waals surface area contributed by atoms with Gasteiger partial charge in [0, 0.05) is 42.8 Å². The standard InChI is InChI=1S/C20H21FN4OS/c1-22-20(24-11-9-18-8-4-12-27-18)25-14-15-5-3-10-23-19(15)26-17-7-2-6-16(21)13-17/h2-8,10,12-13H,9,11,14H2,1H3,(H2,22,24,25). The van der Waals surface area contributed by atoms with Crippen LogP contribution >= 0.6 is 11.3 Å². The molecule has 7 heteroatoms. The number of benzene rings is 1. The molecule has 0 radical (unpaired) electrons. The molecule has 0 aliphatic rings. The molecule has 0 atom stereocenters. The summed E-state index contributed by atoms with van der Waals surface area (Å²) < 4.78 is 19.1. The van der Waals surface area contributed by atoms with Gasteiger partial charge in [0.05, 0.1) is 0 Å². The lowest BCUT2D eigenvalue weighted by Gasteiger charge is -2.14. The van der Waals surface area contributed by atoms with E-state index in [1.165, 1.54) is 17.0 Å². The summed E-state index contributed by atoms with van der Waals surface area (Å²) in [5.41, 5.74) is 0.850. The van der Waals surface area contributed by atoms with Gasteiger partial charge < -0.3 is 15.4 Å². The first-order valence-electron chi connectivity index (χ1n) is 8.59. The summed E-state index contributed by atoms with van der Waals surface area (Å²) in [4.78, 5) is 9.82. The van der Waals surface area contributed by atoms with Crippen molar-refractivity contribution in [3.8, 4) is 11.6 Å². The Morgan fingerprint density at radius 3 is 2.89 bits per heavy atom. The second kappa shape index (κ2) is 9.68. The molecule has 5 nitrogen and oxygen atoms in total. The Labute approximate surface area is 162 Å². The molecule has 0 fully saturated rings. The van der Waals surface area contributed by atoms with E-state index in [-0.39, 0.29) is 5.82 Å². The molecule has 0 aliphatic heterocycles. The number of rotatable bonds is 7. The minimum Gasteiger partial charge on any atom is -0.439 e. The van der Waals surface area contributed by atoms with Gasteiger partial charge in [-0.25, -0.2) is 9.37 Å². The molecule has 0 saturated carbocycles. The summed E-state index contributed by atoms with van der Waals surface area (Å²) >= 11 is 1.74. The van der Waals surface area contributed by atoms with Gasteiger partial charge in [-0.2, -0.15) is 0 Å². The van der Waals surface area contributed by atoms with Crippen molar-refractivity contribution in [1.82, 2.24) is 15.6 Å². The van der Waals surface area contributed by atoms with Crippen molar-refractivity contribution in [2.24, 2.45) is 4.99 Å². The van der Waals surface area contributed by atoms with E-state index in [0.29, 0.717) is 24.1 Å². The van der Waals surface area contributed by atoms with Gasteiger partial charge in [0.15, 0.2) is 5.96 Å². The fraction of sp³-hybridized carbons (Fsp3) is 0.200. The minimum atomic E-state index is -0.349. The van der Waals surface area contributed by atoms with Crippen LogP contribution in [0.5, 0.6) is 11.6 Å². The lowest BCUT2D eigenvalue weighted by atomic mass is 10.2. The van der Waals surface area contributed by atoms with Crippen LogP contribution in [0.3, 0.4) is 0 Å². The predicted octanol–water partition coefficient (Wildman–Crippen LogP) is 3.98. The molecule has 3 rings (SSSR count). The Bertz CT molecular complexity index is 883. The highest BCUT2D eigenvalue weighted by atomic mass is 32.1. The Morgan fingerprint density at radius 1 is 1.19 bits per heavy atom. The number of nitrogens with one attached hydrogen (secondary N) is 2. The number of aromatic nitrogens is 1. The van der Waals surface area contributed by atoms with Crippen LogP contribution in [0.2, 0.25) is 0 Å². The summed E-state index contributed by atoms with van der Waals surface area (Å²) in [5, 5.41) is 8.62. The van der Waals surface area contributed by atoms with Crippen molar-refractivity contribution in [2.45, 2.75) is 13.0 Å². The average molecular weight is 384 g/mol. The average Bonchev–Trinajstić information content (AvgIpc) is 3.19. The molecule has 3 aromatic rings. The summed E-state index contributed by atoms with van der Waals surface area (Å²) in [7, 11) is 1.73. The molecule has 0 aliphatic carbocycles. The molecule has 0 unspecified atom stereocenters. The first kappa shape index (κ1) is 18.8. The van der Waals surface area contributed by atoms with Gasteiger partial charge in [-0.1, -0.05) is 18.2 Å². The van der Waals surface area contributed by atoms with E-state index in [2.05, 4.69) is 38.1 Å². The molecule has 2 aromatic heterocycles. The molecular weight excluding hydrogens is 363 g/mol. The van der Waals surface area contributed by atoms with E-state index in [1.807, 2.05) is 12.1 Å². The van der Waals surface area contributed by atoms with Crippen molar-refractivity contribution in [3.63, 3.8) is 0 Å². The normalized spacial score (nSPS) is 11.3. The van der Waals surface area contributed by atoms with E-state index in [4.69, 9.17) is 4.74 Å². The molecule has 27 heavy (non-hydrogen) atoms. The van der Waals surface area contributed by atoms with Crippen molar-refractivity contribution in [1.29, 1.82) is 0 Å². The summed E-state index contributed by atoms with van der Waals surface area (Å²) in [6.07, 6.45) is 2.59. The molecule has 1 aromatic carbocycles. The van der Waals surface area contributed by atoms with E-state index in [9.17, 15) is 4.39 Å². The largest absolute Gasteiger partial charge is 0.439 e. The highest BCUT2D eigenvalue weighted by molar-refractivity contribution is 7.09. The first-order valence-corrected chi connectivity index (χ1v) is 9.47. The van der Waals surface area contributed by atoms with Crippen molar-refractivity contribution < 1.29 is 9.13 Å². The van der Waals surface area contributed by atoms with Crippen molar-refractivity contribution >= 4 is 17.3 Å². The van der Waals surface area contributed by atoms with E-state index >= 15 is 0 Å². The lowest BCUT2D eigenvalue weighted by Crippen LogP contribution is -2.37. The van der Waals surface area contributed by atoms with Gasteiger partial charge in [0.2, 0.25) is 5.88 Å². The van der Waals surface area contributed by atoms with Crippen molar-refractivity contribution in [2.75, 3.05) is 13.6 Å². The highest BCUT2D eigenvalue weighted by Gasteiger charge is 2.08. The maximum Gasteiger partial charge on any atom is 0.224 e. The number of hydrogen-bond acceptors (Lipinski definition) is 4. The van der Waals surface area contributed by atoms with E-state index < -0.39 is 0 Å². The van der Waals surface area contributed by atoms with Crippen LogP contribution in [0, 0.1) is 5.82 Å². The van der Waals surface area contributed by atoms with Crippen LogP contribution in [0.15, 0.2) is 65.1 Å². The first-order chi connectivity index (χ1) is 13.2. The third kappa shape index (κ3) is 5.79. The van der Waals surface area contributed by atoms with E-state index in [1.54, 1.807) is 36.7 Å². The van der Waals surface area contributed by atoms with Gasteiger partial charge in [-0.05, 0) is 36.1 Å². The molecule has 0 amide bonds. The zero-order valence-electron chi connectivity index (χ0n) is 15.0. The Morgan fingerprint density at radius 2 is 2.11 bits per heavy atom. The van der Waals surface area contributed by atoms with Crippen LogP contribution in [0.4, 0.5) is 4.39 Å². The summed E-state index contributed by atoms with van der Waals surface area (Å²) in [6.45, 7) is 1.27. The fourth-order valence-corrected chi connectivity index (χ4v) is 3.16. The number of guanidine groups is 1. The Balaban J connectivity index is 1.56. The maximum absolute atomic E-state index is 13.4. The second-order valence-corrected chi connectivity index (χ2v) is 6.74. The summed E-state index contributed by atoms with van der Waals surface area (Å²) in [6, 6.07) is 13.9. The topological polar surface area (TPSA) is 58.5 Å². The van der Waals surface area contributed by atoms with Gasteiger partial charge in [0.1, 0.15) is 11.6 Å². The Hall–Kier alpha value is -2.93. The SMILES string of the molecule is CN=C(NCCc1cccs1)NCc1cccnc1Oc1cccc(F)c1. The van der Waals surface area contributed by atoms with Gasteiger partial charge >= 0.3 is 0 Å². The third-order valence-corrected chi connectivity index (χ3v) is 4.71. The highest BCUT2D eigenvalue weighted by Crippen LogP contribution is 2.23. The molecule has 0 saturated heterocycles. The smallest absolute Gasteiger partial charge is 0.224 e. The summed E-state index contributed by atoms with van der Waals surface area (Å²) in [5.74, 6) is 1.20. The second-order valence-electron chi connectivity index (χ2n) is 5.71. The Kier molecular flexibility index (Phi) is 6.76. The van der Waals surface area contributed by atoms with Gasteiger partial charge in [-0.15, -0.1) is 11.3 Å². The number of aliphatic imine (C=N–C) groups is 1. The van der Waals surface area contributed by atoms with Gasteiger partial charge in [0.25, 0.3) is 0 Å². The van der Waals surface area contributed by atoms with Crippen LogP contribution < -0.4 is 15.4 Å². The number of halogens is 1. The lowest BCUT2D eigenvalue weighted by molar-refractivity contribution is 0.450. The quantitative estimate of drug-likeness (QED) is 0.478. The van der Waals surface area contributed by atoms with Gasteiger partial charge in [-0.3, -0.25) is 4.99 Å². The van der Waals surface area contributed by atoms with E-state index in [0.717, 1.165) is 18.5 Å². The van der Waals surface area contributed by atoms with Crippen LogP contribution in [-0.2, 0) is 13.0 Å². The number of nitrogens with zero attached hydrogens (tertiary/aromatic N) is 2. The minimum absolute atomic E-state index is 0.349. The molecule has 0 spiro atoms. The zero-order chi connectivity index (χ0) is 18.9. The number of ether oxygens (including phenoxy) is 1.